The second-order valence-electron chi connectivity index (χ2n) is 5.45. The summed E-state index contributed by atoms with van der Waals surface area (Å²) in [6, 6.07) is 4.55. The molecule has 6 nitrogen and oxygen atoms in total. The summed E-state index contributed by atoms with van der Waals surface area (Å²) in [7, 11) is 0. The van der Waals surface area contributed by atoms with Crippen LogP contribution in [-0.2, 0) is 6.18 Å². The van der Waals surface area contributed by atoms with Gasteiger partial charge in [-0.1, -0.05) is 18.2 Å². The molecule has 2 aromatic rings. The molecule has 2 rings (SSSR count). The Labute approximate surface area is 140 Å². The minimum atomic E-state index is -4.63. The molecule has 0 saturated heterocycles. The molecular formula is C16H16F3N3O3. The van der Waals surface area contributed by atoms with E-state index in [4.69, 9.17) is 0 Å². The van der Waals surface area contributed by atoms with Crippen LogP contribution in [0.3, 0.4) is 0 Å². The number of aliphatic hydroxyl groups is 1. The summed E-state index contributed by atoms with van der Waals surface area (Å²) in [5, 5.41) is 18.2. The van der Waals surface area contributed by atoms with E-state index in [9.17, 15) is 27.9 Å². The van der Waals surface area contributed by atoms with Gasteiger partial charge in [0.1, 0.15) is 5.56 Å². The number of carbonyl (C=O) groups excluding carboxylic acids is 1. The molecule has 0 aliphatic carbocycles. The third-order valence-electron chi connectivity index (χ3n) is 3.78. The van der Waals surface area contributed by atoms with E-state index in [1.165, 1.54) is 19.1 Å². The third-order valence-corrected chi connectivity index (χ3v) is 3.78. The summed E-state index contributed by atoms with van der Waals surface area (Å²) in [4.78, 5) is 23.9. The Morgan fingerprint density at radius 1 is 1.32 bits per heavy atom. The number of alkyl halides is 3. The molecule has 0 saturated carbocycles. The number of hydrogen-bond acceptors (Lipinski definition) is 4. The number of carbonyl (C=O) groups is 1. The number of benzene rings is 1. The van der Waals surface area contributed by atoms with Crippen LogP contribution in [0.25, 0.3) is 0 Å². The summed E-state index contributed by atoms with van der Waals surface area (Å²) >= 11 is 0. The molecule has 0 aliphatic rings. The smallest absolute Gasteiger partial charge is 0.387 e. The molecule has 0 bridgehead atoms. The first kappa shape index (κ1) is 18.7. The lowest BCUT2D eigenvalue weighted by atomic mass is 10.0. The Bertz CT molecular complexity index is 846. The van der Waals surface area contributed by atoms with Crippen molar-refractivity contribution in [3.05, 3.63) is 62.6 Å². The van der Waals surface area contributed by atoms with Crippen molar-refractivity contribution in [2.75, 3.05) is 6.54 Å². The zero-order valence-corrected chi connectivity index (χ0v) is 13.4. The maximum atomic E-state index is 13.0. The first-order chi connectivity index (χ1) is 11.6. The molecule has 0 unspecified atom stereocenters. The minimum Gasteiger partial charge on any atom is -0.387 e. The highest BCUT2D eigenvalue weighted by atomic mass is 19.4. The van der Waals surface area contributed by atoms with E-state index in [0.29, 0.717) is 11.3 Å². The summed E-state index contributed by atoms with van der Waals surface area (Å²) in [5.41, 5.74) is -1.45. The van der Waals surface area contributed by atoms with E-state index < -0.39 is 35.9 Å². The average molecular weight is 355 g/mol. The minimum absolute atomic E-state index is 0.191. The van der Waals surface area contributed by atoms with Crippen LogP contribution < -0.4 is 10.9 Å². The van der Waals surface area contributed by atoms with Crippen molar-refractivity contribution in [3.8, 4) is 0 Å². The lowest BCUT2D eigenvalue weighted by molar-refractivity contribution is -0.139. The zero-order chi connectivity index (χ0) is 18.8. The largest absolute Gasteiger partial charge is 0.416 e. The fourth-order valence-electron chi connectivity index (χ4n) is 2.33. The molecule has 0 radical (unpaired) electrons. The van der Waals surface area contributed by atoms with Gasteiger partial charge in [0.25, 0.3) is 11.5 Å². The number of aromatic amines is 1. The summed E-state index contributed by atoms with van der Waals surface area (Å²) in [6.07, 6.45) is -6.21. The fourth-order valence-corrected chi connectivity index (χ4v) is 2.33. The van der Waals surface area contributed by atoms with E-state index in [0.717, 1.165) is 12.1 Å². The van der Waals surface area contributed by atoms with Gasteiger partial charge in [-0.05, 0) is 31.0 Å². The van der Waals surface area contributed by atoms with Gasteiger partial charge >= 0.3 is 6.18 Å². The number of rotatable bonds is 4. The zero-order valence-electron chi connectivity index (χ0n) is 13.4. The Hall–Kier alpha value is -2.68. The highest BCUT2D eigenvalue weighted by Crippen LogP contribution is 2.34. The van der Waals surface area contributed by atoms with E-state index in [1.54, 1.807) is 6.92 Å². The van der Waals surface area contributed by atoms with Crippen LogP contribution in [0.15, 0.2) is 29.1 Å². The van der Waals surface area contributed by atoms with Gasteiger partial charge in [0.15, 0.2) is 0 Å². The maximum Gasteiger partial charge on any atom is 0.416 e. The fraction of sp³-hybridized carbons (Fsp3) is 0.312. The maximum absolute atomic E-state index is 13.0. The molecule has 0 spiro atoms. The molecule has 9 heteroatoms. The number of aryl methyl sites for hydroxylation is 1. The molecule has 1 aromatic heterocycles. The van der Waals surface area contributed by atoms with E-state index in [1.807, 2.05) is 0 Å². The molecule has 3 N–H and O–H groups in total. The van der Waals surface area contributed by atoms with Gasteiger partial charge in [-0.3, -0.25) is 9.59 Å². The van der Waals surface area contributed by atoms with Crippen LogP contribution in [0.5, 0.6) is 0 Å². The number of aromatic nitrogens is 2. The van der Waals surface area contributed by atoms with Crippen LogP contribution in [0.2, 0.25) is 0 Å². The monoisotopic (exact) mass is 355 g/mol. The van der Waals surface area contributed by atoms with Crippen LogP contribution in [-0.4, -0.2) is 27.8 Å². The van der Waals surface area contributed by atoms with Gasteiger partial charge in [0.2, 0.25) is 0 Å². The second kappa shape index (κ2) is 7.06. The second-order valence-corrected chi connectivity index (χ2v) is 5.45. The number of amides is 1. The normalized spacial score (nSPS) is 12.7. The number of aliphatic hydroxyl groups excluding tert-OH is 1. The SMILES string of the molecule is Cc1n[nH]c(=O)c(C(=O)NC[C@H](O)c2ccccc2C(F)(F)F)c1C. The molecule has 25 heavy (non-hydrogen) atoms. The van der Waals surface area contributed by atoms with Crippen molar-refractivity contribution in [2.45, 2.75) is 26.1 Å². The number of halogens is 3. The Morgan fingerprint density at radius 3 is 2.60 bits per heavy atom. The molecule has 134 valence electrons. The Kier molecular flexibility index (Phi) is 5.27. The lowest BCUT2D eigenvalue weighted by Gasteiger charge is -2.18. The number of hydrogen-bond donors (Lipinski definition) is 3. The van der Waals surface area contributed by atoms with Gasteiger partial charge in [0.05, 0.1) is 17.4 Å². The number of nitrogens with zero attached hydrogens (tertiary/aromatic N) is 1. The lowest BCUT2D eigenvalue weighted by Crippen LogP contribution is -2.34. The average Bonchev–Trinajstić information content (AvgIpc) is 2.55. The van der Waals surface area contributed by atoms with E-state index in [2.05, 4.69) is 15.5 Å². The van der Waals surface area contributed by atoms with Crippen LogP contribution in [0.4, 0.5) is 13.2 Å². The van der Waals surface area contributed by atoms with E-state index in [-0.39, 0.29) is 11.1 Å². The first-order valence-electron chi connectivity index (χ1n) is 7.31. The van der Waals surface area contributed by atoms with Crippen LogP contribution >= 0.6 is 0 Å². The highest BCUT2D eigenvalue weighted by molar-refractivity contribution is 5.95. The summed E-state index contributed by atoms with van der Waals surface area (Å²) < 4.78 is 38.9. The molecular weight excluding hydrogens is 339 g/mol. The number of H-pyrrole nitrogens is 1. The highest BCUT2D eigenvalue weighted by Gasteiger charge is 2.34. The number of nitrogens with one attached hydrogen (secondary N) is 2. The van der Waals surface area contributed by atoms with Gasteiger partial charge in [0, 0.05) is 6.54 Å². The van der Waals surface area contributed by atoms with Crippen LogP contribution in [0.1, 0.15) is 38.8 Å². The van der Waals surface area contributed by atoms with Crippen molar-refractivity contribution in [1.82, 2.24) is 15.5 Å². The molecule has 1 aromatic carbocycles. The van der Waals surface area contributed by atoms with Gasteiger partial charge in [-0.2, -0.15) is 18.3 Å². The molecule has 1 atom stereocenters. The van der Waals surface area contributed by atoms with Gasteiger partial charge in [-0.25, -0.2) is 5.10 Å². The summed E-state index contributed by atoms with van der Waals surface area (Å²) in [5.74, 6) is -0.798. The quantitative estimate of drug-likeness (QED) is 0.780. The Balaban J connectivity index is 2.19. The van der Waals surface area contributed by atoms with E-state index >= 15 is 0 Å². The standard InChI is InChI=1S/C16H16F3N3O3/c1-8-9(2)21-22-15(25)13(8)14(24)20-7-12(23)10-5-3-4-6-11(10)16(17,18)19/h3-6,12,23H,7H2,1-2H3,(H,20,24)(H,22,25)/t12-/m0/s1. The summed E-state index contributed by atoms with van der Waals surface area (Å²) in [6.45, 7) is 2.64. The van der Waals surface area contributed by atoms with Gasteiger partial charge < -0.3 is 10.4 Å². The van der Waals surface area contributed by atoms with Crippen molar-refractivity contribution in [2.24, 2.45) is 0 Å². The first-order valence-corrected chi connectivity index (χ1v) is 7.31. The van der Waals surface area contributed by atoms with Gasteiger partial charge in [-0.15, -0.1) is 0 Å². The Morgan fingerprint density at radius 2 is 1.96 bits per heavy atom. The molecule has 1 heterocycles. The third kappa shape index (κ3) is 4.05. The predicted octanol–water partition coefficient (Wildman–Crippen LogP) is 1.87. The molecule has 1 amide bonds. The van der Waals surface area contributed by atoms with Crippen molar-refractivity contribution in [3.63, 3.8) is 0 Å². The van der Waals surface area contributed by atoms with Crippen LogP contribution in [0, 0.1) is 13.8 Å². The molecule has 0 fully saturated rings. The molecule has 0 aliphatic heterocycles. The predicted molar refractivity (Wildman–Crippen MR) is 83.1 cm³/mol. The van der Waals surface area contributed by atoms with Crippen molar-refractivity contribution < 1.29 is 23.1 Å². The van der Waals surface area contributed by atoms with Crippen molar-refractivity contribution >= 4 is 5.91 Å². The topological polar surface area (TPSA) is 95.1 Å². The van der Waals surface area contributed by atoms with Crippen molar-refractivity contribution in [1.29, 1.82) is 0 Å².